The molecule has 10 unspecified atom stereocenters. The van der Waals surface area contributed by atoms with Gasteiger partial charge in [-0.3, -0.25) is 18.6 Å². The van der Waals surface area contributed by atoms with E-state index in [1.807, 2.05) is 0 Å². The standard InChI is InChI=1S/C35H65N4O17P/c1-50-19-22-13-24(16-39(22)29(45)9-5-3-7-11-52-35-31(37)33(47)32(46)27(18-41)55-35)56-57(48,49)53-20-21-12-23(42)15-38(21)28(44)8-4-2-6-10-51-34-30(36)26(43)14-25(17-40)54-34/h21-27,30-35,40-43,46-47H,2-20,36-37H2,1H3,(H,48,49)/t21-,22-,23+,24+,25?,26?,27?,30?,31?,32?,33?,34?,35?/m0/s1. The molecule has 2 amide bonds. The topological polar surface area (TPSA) is 316 Å². The number of hydrogen-bond donors (Lipinski definition) is 9. The van der Waals surface area contributed by atoms with Gasteiger partial charge in [0.05, 0.1) is 75.0 Å². The normalized spacial score (nSPS) is 35.8. The molecule has 4 heterocycles. The van der Waals surface area contributed by atoms with E-state index in [-0.39, 0.29) is 90.0 Å². The van der Waals surface area contributed by atoms with Gasteiger partial charge in [-0.15, -0.1) is 0 Å². The minimum absolute atomic E-state index is 0.0460. The summed E-state index contributed by atoms with van der Waals surface area (Å²) in [5, 5.41) is 59.1. The van der Waals surface area contributed by atoms with Gasteiger partial charge in [0, 0.05) is 52.7 Å². The van der Waals surface area contributed by atoms with Crippen molar-refractivity contribution < 1.29 is 82.4 Å². The first-order chi connectivity index (χ1) is 27.2. The summed E-state index contributed by atoms with van der Waals surface area (Å²) in [5.41, 5.74) is 11.8. The average molecular weight is 845 g/mol. The van der Waals surface area contributed by atoms with Crippen molar-refractivity contribution >= 4 is 19.6 Å². The van der Waals surface area contributed by atoms with Crippen molar-refractivity contribution in [3.63, 3.8) is 0 Å². The Bertz CT molecular complexity index is 1280. The molecule has 0 aromatic rings. The number of likely N-dealkylation sites (tertiary alicyclic amines) is 2. The molecule has 4 fully saturated rings. The van der Waals surface area contributed by atoms with E-state index in [2.05, 4.69) is 0 Å². The van der Waals surface area contributed by atoms with Crippen LogP contribution >= 0.6 is 7.82 Å². The summed E-state index contributed by atoms with van der Waals surface area (Å²) in [6.45, 7) is -0.313. The van der Waals surface area contributed by atoms with Crippen LogP contribution in [0.4, 0.5) is 0 Å². The highest BCUT2D eigenvalue weighted by molar-refractivity contribution is 7.47. The number of phosphoric ester groups is 1. The van der Waals surface area contributed by atoms with Crippen molar-refractivity contribution in [2.45, 2.75) is 150 Å². The van der Waals surface area contributed by atoms with Gasteiger partial charge in [-0.05, 0) is 38.5 Å². The Kier molecular flexibility index (Phi) is 19.9. The molecule has 0 bridgehead atoms. The molecule has 332 valence electrons. The number of nitrogens with zero attached hydrogens (tertiary/aromatic N) is 2. The van der Waals surface area contributed by atoms with Crippen molar-refractivity contribution in [3.8, 4) is 0 Å². The van der Waals surface area contributed by atoms with Gasteiger partial charge in [-0.1, -0.05) is 12.8 Å². The fourth-order valence-corrected chi connectivity index (χ4v) is 8.57. The Morgan fingerprint density at radius 2 is 1.35 bits per heavy atom. The first-order valence-corrected chi connectivity index (χ1v) is 21.4. The maximum absolute atomic E-state index is 13.2. The van der Waals surface area contributed by atoms with Crippen LogP contribution in [0.2, 0.25) is 0 Å². The fourth-order valence-electron chi connectivity index (χ4n) is 7.62. The number of carbonyl (C=O) groups excluding carboxylic acids is 2. The zero-order chi connectivity index (χ0) is 41.7. The average Bonchev–Trinajstić information content (AvgIpc) is 3.76. The number of aliphatic hydroxyl groups is 6. The molecule has 4 rings (SSSR count). The van der Waals surface area contributed by atoms with E-state index in [4.69, 9.17) is 44.2 Å². The largest absolute Gasteiger partial charge is 0.472 e. The molecule has 0 saturated carbocycles. The summed E-state index contributed by atoms with van der Waals surface area (Å²) < 4.78 is 51.5. The van der Waals surface area contributed by atoms with Gasteiger partial charge >= 0.3 is 7.82 Å². The van der Waals surface area contributed by atoms with Crippen molar-refractivity contribution in [1.82, 2.24) is 9.80 Å². The second kappa shape index (κ2) is 23.5. The second-order valence-electron chi connectivity index (χ2n) is 15.3. The molecule has 0 aromatic carbocycles. The van der Waals surface area contributed by atoms with Crippen LogP contribution in [0.25, 0.3) is 0 Å². The number of nitrogens with two attached hydrogens (primary N) is 2. The van der Waals surface area contributed by atoms with Crippen molar-refractivity contribution in [2.24, 2.45) is 11.5 Å². The Morgan fingerprint density at radius 3 is 1.95 bits per heavy atom. The molecular weight excluding hydrogens is 779 g/mol. The van der Waals surface area contributed by atoms with Crippen LogP contribution < -0.4 is 11.5 Å². The molecule has 14 atom stereocenters. The molecule has 21 nitrogen and oxygen atoms in total. The number of amides is 2. The Labute approximate surface area is 333 Å². The lowest BCUT2D eigenvalue weighted by Gasteiger charge is -2.40. The lowest BCUT2D eigenvalue weighted by atomic mass is 9.98. The van der Waals surface area contributed by atoms with Crippen molar-refractivity contribution in [3.05, 3.63) is 0 Å². The minimum Gasteiger partial charge on any atom is -0.394 e. The lowest BCUT2D eigenvalue weighted by Crippen LogP contribution is -2.62. The number of hydrogen-bond acceptors (Lipinski definition) is 18. The van der Waals surface area contributed by atoms with E-state index in [0.717, 1.165) is 0 Å². The second-order valence-corrected chi connectivity index (χ2v) is 16.7. The van der Waals surface area contributed by atoms with E-state index in [0.29, 0.717) is 38.5 Å². The maximum Gasteiger partial charge on any atom is 0.472 e. The number of phosphoric acid groups is 1. The summed E-state index contributed by atoms with van der Waals surface area (Å²) in [7, 11) is -3.14. The van der Waals surface area contributed by atoms with Crippen molar-refractivity contribution in [1.29, 1.82) is 0 Å². The molecular formula is C35H65N4O17P. The molecule has 4 aliphatic rings. The fraction of sp³-hybridized carbons (Fsp3) is 0.943. The van der Waals surface area contributed by atoms with Gasteiger partial charge in [0.2, 0.25) is 11.8 Å². The summed E-state index contributed by atoms with van der Waals surface area (Å²) in [6.07, 6.45) is -4.13. The highest BCUT2D eigenvalue weighted by Crippen LogP contribution is 2.47. The summed E-state index contributed by atoms with van der Waals surface area (Å²) >= 11 is 0. The number of ether oxygens (including phenoxy) is 5. The summed E-state index contributed by atoms with van der Waals surface area (Å²) in [5.74, 6) is -0.418. The molecule has 22 heteroatoms. The van der Waals surface area contributed by atoms with Crippen LogP contribution in [0.1, 0.15) is 70.6 Å². The minimum atomic E-state index is -4.63. The smallest absolute Gasteiger partial charge is 0.394 e. The highest BCUT2D eigenvalue weighted by Gasteiger charge is 2.44. The zero-order valence-electron chi connectivity index (χ0n) is 32.6. The van der Waals surface area contributed by atoms with Crippen LogP contribution in [0, 0.1) is 0 Å². The van der Waals surface area contributed by atoms with E-state index in [1.54, 1.807) is 4.90 Å². The van der Waals surface area contributed by atoms with Crippen LogP contribution in [0.5, 0.6) is 0 Å². The number of rotatable bonds is 23. The highest BCUT2D eigenvalue weighted by atomic mass is 31.2. The quantitative estimate of drug-likeness (QED) is 0.0377. The van der Waals surface area contributed by atoms with Gasteiger partial charge in [0.1, 0.15) is 18.3 Å². The molecule has 0 aromatic heterocycles. The lowest BCUT2D eigenvalue weighted by molar-refractivity contribution is -0.265. The molecule has 0 spiro atoms. The monoisotopic (exact) mass is 844 g/mol. The van der Waals surface area contributed by atoms with Gasteiger partial charge in [-0.2, -0.15) is 0 Å². The van der Waals surface area contributed by atoms with Gasteiger partial charge < -0.3 is 80.5 Å². The van der Waals surface area contributed by atoms with Crippen LogP contribution in [0.15, 0.2) is 0 Å². The van der Waals surface area contributed by atoms with Crippen LogP contribution in [-0.2, 0) is 46.9 Å². The first-order valence-electron chi connectivity index (χ1n) is 19.9. The molecule has 4 aliphatic heterocycles. The third-order valence-corrected chi connectivity index (χ3v) is 11.9. The third-order valence-electron chi connectivity index (χ3n) is 10.8. The Balaban J connectivity index is 1.13. The third kappa shape index (κ3) is 14.3. The van der Waals surface area contributed by atoms with Gasteiger partial charge in [0.25, 0.3) is 0 Å². The van der Waals surface area contributed by atoms with E-state index in [9.17, 15) is 49.7 Å². The number of β-amino-alcohol motifs (C(OH)–C–C–N with tert-alkyl or cyclic N) is 1. The molecule has 11 N–H and O–H groups in total. The summed E-state index contributed by atoms with van der Waals surface area (Å²) in [4.78, 5) is 39.9. The van der Waals surface area contributed by atoms with E-state index in [1.165, 1.54) is 12.0 Å². The van der Waals surface area contributed by atoms with E-state index < -0.39 is 93.9 Å². The summed E-state index contributed by atoms with van der Waals surface area (Å²) in [6, 6.07) is -2.77. The Morgan fingerprint density at radius 1 is 0.754 bits per heavy atom. The number of aliphatic hydroxyl groups excluding tert-OH is 6. The SMILES string of the molecule is COC[C@@H]1C[C@@H](OP(=O)(O)OC[C@@H]2C[C@@H](O)CN2C(=O)CCCCCOC2OC(CO)CC(O)C2N)CN1C(=O)CCCCCOC1OC(CO)C(O)C(O)C1N. The molecule has 0 aliphatic carbocycles. The predicted octanol–water partition coefficient (Wildman–Crippen LogP) is -2.59. The Hall–Kier alpha value is -1.47. The number of methoxy groups -OCH3 is 1. The van der Waals surface area contributed by atoms with Gasteiger partial charge in [0.15, 0.2) is 12.6 Å². The zero-order valence-corrected chi connectivity index (χ0v) is 33.5. The van der Waals surface area contributed by atoms with E-state index >= 15 is 0 Å². The predicted molar refractivity (Wildman–Crippen MR) is 198 cm³/mol. The maximum atomic E-state index is 13.2. The molecule has 57 heavy (non-hydrogen) atoms. The molecule has 0 radical (unpaired) electrons. The van der Waals surface area contributed by atoms with Gasteiger partial charge in [-0.25, -0.2) is 4.57 Å². The number of carbonyl (C=O) groups is 2. The van der Waals surface area contributed by atoms with Crippen molar-refractivity contribution in [2.75, 3.05) is 59.8 Å². The van der Waals surface area contributed by atoms with Crippen LogP contribution in [-0.4, -0.2) is 196 Å². The first kappa shape index (κ1) is 48.2. The molecule has 4 saturated heterocycles. The number of unbranched alkanes of at least 4 members (excludes halogenated alkanes) is 4. The van der Waals surface area contributed by atoms with Crippen LogP contribution in [0.3, 0.4) is 0 Å².